The minimum atomic E-state index is 0.311. The highest BCUT2D eigenvalue weighted by molar-refractivity contribution is 5.91. The molecule has 2 heteroatoms. The Bertz CT molecular complexity index is 1060. The third kappa shape index (κ3) is 2.50. The van der Waals surface area contributed by atoms with Gasteiger partial charge in [0, 0.05) is 0 Å². The molecule has 26 heavy (non-hydrogen) atoms. The molecule has 0 bridgehead atoms. The van der Waals surface area contributed by atoms with E-state index in [-0.39, 0.29) is 0 Å². The van der Waals surface area contributed by atoms with Crippen molar-refractivity contribution in [1.82, 2.24) is 0 Å². The van der Waals surface area contributed by atoms with Gasteiger partial charge in [0.05, 0.1) is 13.2 Å². The maximum Gasteiger partial charge on any atom is 0.106 e. The van der Waals surface area contributed by atoms with Crippen LogP contribution in [0.25, 0.3) is 32.7 Å². The van der Waals surface area contributed by atoms with E-state index in [9.17, 15) is 0 Å². The first-order valence-corrected chi connectivity index (χ1v) is 9.14. The van der Waals surface area contributed by atoms with Crippen LogP contribution in [0.4, 0.5) is 0 Å². The summed E-state index contributed by atoms with van der Waals surface area (Å²) in [5.41, 5.74) is 5.08. The van der Waals surface area contributed by atoms with Crippen LogP contribution in [0.1, 0.15) is 23.3 Å². The lowest BCUT2D eigenvalue weighted by molar-refractivity contribution is 0.415. The van der Waals surface area contributed by atoms with E-state index in [0.717, 1.165) is 13.2 Å². The Hall–Kier alpha value is -2.68. The van der Waals surface area contributed by atoms with Crippen LogP contribution in [0.2, 0.25) is 0 Å². The summed E-state index contributed by atoms with van der Waals surface area (Å²) in [4.78, 5) is 0. The monoisotopic (exact) mass is 338 g/mol. The summed E-state index contributed by atoms with van der Waals surface area (Å²) in [6.45, 7) is 1.71. The van der Waals surface area contributed by atoms with E-state index in [2.05, 4.69) is 72.8 Å². The van der Waals surface area contributed by atoms with Crippen molar-refractivity contribution in [2.45, 2.75) is 12.2 Å². The number of benzene rings is 4. The second kappa shape index (κ2) is 5.41. The second-order valence-electron chi connectivity index (χ2n) is 7.29. The van der Waals surface area contributed by atoms with Gasteiger partial charge in [0.15, 0.2) is 0 Å². The van der Waals surface area contributed by atoms with Crippen LogP contribution in [0.15, 0.2) is 72.8 Å². The molecule has 0 aromatic heterocycles. The van der Waals surface area contributed by atoms with Gasteiger partial charge in [-0.3, -0.25) is 0 Å². The molecule has 0 N–H and O–H groups in total. The molecule has 2 aliphatic rings. The minimum absolute atomic E-state index is 0.311. The summed E-state index contributed by atoms with van der Waals surface area (Å²) in [6.07, 6.45) is 0.621. The summed E-state index contributed by atoms with van der Waals surface area (Å²) in [7, 11) is 0. The van der Waals surface area contributed by atoms with Gasteiger partial charge in [-0.1, -0.05) is 48.5 Å². The fourth-order valence-corrected chi connectivity index (χ4v) is 3.77. The molecule has 2 fully saturated rings. The average Bonchev–Trinajstić information content (AvgIpc) is 3.58. The lowest BCUT2D eigenvalue weighted by Gasteiger charge is -2.08. The van der Waals surface area contributed by atoms with Crippen LogP contribution >= 0.6 is 0 Å². The summed E-state index contributed by atoms with van der Waals surface area (Å²) in [5, 5.41) is 5.09. The van der Waals surface area contributed by atoms with E-state index in [4.69, 9.17) is 9.47 Å². The number of hydrogen-bond acceptors (Lipinski definition) is 2. The van der Waals surface area contributed by atoms with Crippen LogP contribution in [-0.4, -0.2) is 13.2 Å². The molecule has 4 aromatic rings. The highest BCUT2D eigenvalue weighted by Gasteiger charge is 2.25. The van der Waals surface area contributed by atoms with Gasteiger partial charge in [0.2, 0.25) is 0 Å². The Morgan fingerprint density at radius 2 is 0.885 bits per heavy atom. The highest BCUT2D eigenvalue weighted by atomic mass is 16.6. The standard InChI is InChI=1S/C24H18O2/c1-3-19-11-21(23-13-25-23)7-5-17(19)9-15(1)16-2-4-20-12-22(24-14-26-24)8-6-18(20)10-16/h1-12,23-24H,13-14H2. The summed E-state index contributed by atoms with van der Waals surface area (Å²) in [6, 6.07) is 26.7. The van der Waals surface area contributed by atoms with E-state index in [1.54, 1.807) is 0 Å². The maximum absolute atomic E-state index is 5.40. The second-order valence-corrected chi connectivity index (χ2v) is 7.29. The Morgan fingerprint density at radius 1 is 0.500 bits per heavy atom. The lowest BCUT2D eigenvalue weighted by atomic mass is 9.97. The van der Waals surface area contributed by atoms with Gasteiger partial charge in [0.25, 0.3) is 0 Å². The molecule has 4 aromatic carbocycles. The van der Waals surface area contributed by atoms with Gasteiger partial charge >= 0.3 is 0 Å². The lowest BCUT2D eigenvalue weighted by Crippen LogP contribution is -1.85. The molecule has 6 rings (SSSR count). The number of epoxide rings is 2. The van der Waals surface area contributed by atoms with Crippen molar-refractivity contribution in [1.29, 1.82) is 0 Å². The molecule has 0 aliphatic carbocycles. The molecule has 2 unspecified atom stereocenters. The normalized spacial score (nSPS) is 21.2. The Kier molecular flexibility index (Phi) is 3.01. The van der Waals surface area contributed by atoms with Crippen molar-refractivity contribution in [3.8, 4) is 11.1 Å². The molecular weight excluding hydrogens is 320 g/mol. The van der Waals surface area contributed by atoms with Crippen LogP contribution in [0.5, 0.6) is 0 Å². The molecule has 2 heterocycles. The SMILES string of the molecule is c1cc2cc(C3CO3)ccc2cc1-c1ccc2cc(C3CO3)ccc2c1. The van der Waals surface area contributed by atoms with Gasteiger partial charge < -0.3 is 9.47 Å². The van der Waals surface area contributed by atoms with Gasteiger partial charge in [-0.25, -0.2) is 0 Å². The van der Waals surface area contributed by atoms with Gasteiger partial charge in [-0.2, -0.15) is 0 Å². The van der Waals surface area contributed by atoms with Crippen LogP contribution in [-0.2, 0) is 9.47 Å². The molecule has 2 nitrogen and oxygen atoms in total. The Balaban J connectivity index is 1.40. The number of ether oxygens (including phenoxy) is 2. The van der Waals surface area contributed by atoms with Gasteiger partial charge in [-0.15, -0.1) is 0 Å². The number of fused-ring (bicyclic) bond motifs is 2. The molecule has 126 valence electrons. The third-order valence-corrected chi connectivity index (χ3v) is 5.47. The van der Waals surface area contributed by atoms with Gasteiger partial charge in [0.1, 0.15) is 12.2 Å². The Morgan fingerprint density at radius 3 is 1.31 bits per heavy atom. The average molecular weight is 338 g/mol. The van der Waals surface area contributed by atoms with Crippen molar-refractivity contribution >= 4 is 21.5 Å². The fraction of sp³-hybridized carbons (Fsp3) is 0.167. The summed E-state index contributed by atoms with van der Waals surface area (Å²) < 4.78 is 10.8. The first-order chi connectivity index (χ1) is 12.8. The van der Waals surface area contributed by atoms with Crippen molar-refractivity contribution < 1.29 is 9.47 Å². The third-order valence-electron chi connectivity index (χ3n) is 5.47. The fourth-order valence-electron chi connectivity index (χ4n) is 3.77. The Labute approximate surface area is 152 Å². The van der Waals surface area contributed by atoms with Crippen LogP contribution in [0, 0.1) is 0 Å². The van der Waals surface area contributed by atoms with E-state index >= 15 is 0 Å². The smallest absolute Gasteiger partial charge is 0.106 e. The zero-order chi connectivity index (χ0) is 17.1. The maximum atomic E-state index is 5.40. The first kappa shape index (κ1) is 14.5. The molecule has 2 saturated heterocycles. The molecule has 0 amide bonds. The predicted molar refractivity (Wildman–Crippen MR) is 104 cm³/mol. The van der Waals surface area contributed by atoms with E-state index in [1.807, 2.05) is 0 Å². The minimum Gasteiger partial charge on any atom is -0.368 e. The van der Waals surface area contributed by atoms with Crippen molar-refractivity contribution in [3.63, 3.8) is 0 Å². The van der Waals surface area contributed by atoms with E-state index in [0.29, 0.717) is 12.2 Å². The van der Waals surface area contributed by atoms with Gasteiger partial charge in [-0.05, 0) is 68.1 Å². The zero-order valence-electron chi connectivity index (χ0n) is 14.3. The van der Waals surface area contributed by atoms with Crippen molar-refractivity contribution in [2.24, 2.45) is 0 Å². The summed E-state index contributed by atoms with van der Waals surface area (Å²) in [5.74, 6) is 0. The number of hydrogen-bond donors (Lipinski definition) is 0. The highest BCUT2D eigenvalue weighted by Crippen LogP contribution is 2.35. The van der Waals surface area contributed by atoms with Crippen molar-refractivity contribution in [2.75, 3.05) is 13.2 Å². The molecule has 0 spiro atoms. The topological polar surface area (TPSA) is 25.1 Å². The van der Waals surface area contributed by atoms with Crippen molar-refractivity contribution in [3.05, 3.63) is 83.9 Å². The quantitative estimate of drug-likeness (QED) is 0.441. The van der Waals surface area contributed by atoms with Crippen LogP contribution in [0.3, 0.4) is 0 Å². The molecule has 2 atom stereocenters. The molecular formula is C24H18O2. The van der Waals surface area contributed by atoms with E-state index in [1.165, 1.54) is 43.8 Å². The molecule has 2 aliphatic heterocycles. The van der Waals surface area contributed by atoms with E-state index < -0.39 is 0 Å². The number of rotatable bonds is 3. The largest absolute Gasteiger partial charge is 0.368 e. The zero-order valence-corrected chi connectivity index (χ0v) is 14.3. The summed E-state index contributed by atoms with van der Waals surface area (Å²) >= 11 is 0. The first-order valence-electron chi connectivity index (χ1n) is 9.14. The predicted octanol–water partition coefficient (Wildman–Crippen LogP) is 5.80. The van der Waals surface area contributed by atoms with Crippen LogP contribution < -0.4 is 0 Å². The molecule has 0 radical (unpaired) electrons. The molecule has 0 saturated carbocycles.